The van der Waals surface area contributed by atoms with Crippen molar-refractivity contribution in [2.75, 3.05) is 10.6 Å². The number of hydrogen-bond donors (Lipinski definition) is 2. The van der Waals surface area contributed by atoms with Crippen LogP contribution in [0.15, 0.2) is 71.6 Å². The molecule has 2 amide bonds. The third-order valence-corrected chi connectivity index (χ3v) is 6.15. The fraction of sp³-hybridized carbons (Fsp3) is 0.167. The second-order valence-corrected chi connectivity index (χ2v) is 8.67. The molecular weight excluding hydrogens is 435 g/mol. The van der Waals surface area contributed by atoms with Gasteiger partial charge < -0.3 is 10.6 Å². The average molecular weight is 457 g/mol. The zero-order valence-corrected chi connectivity index (χ0v) is 18.7. The summed E-state index contributed by atoms with van der Waals surface area (Å²) >= 11 is 7.18. The number of halogens is 2. The average Bonchev–Trinajstić information content (AvgIpc) is 2.75. The van der Waals surface area contributed by atoms with Crippen molar-refractivity contribution in [2.24, 2.45) is 0 Å². The standard InChI is InChI=1S/C24H22ClFN2O2S/c1-3-22(24(30)28-18-10-11-21(26)20(25)14-18)31-19-9-5-8-17(13-19)27-23(29)16-7-4-6-15(2)12-16/h4-14,22H,3H2,1-2H3,(H,27,29)(H,28,30). The lowest BCUT2D eigenvalue weighted by atomic mass is 10.1. The predicted octanol–water partition coefficient (Wildman–Crippen LogP) is 6.55. The minimum atomic E-state index is -0.536. The largest absolute Gasteiger partial charge is 0.325 e. The Bertz CT molecular complexity index is 1110. The molecule has 1 atom stereocenters. The Morgan fingerprint density at radius 3 is 2.45 bits per heavy atom. The van der Waals surface area contributed by atoms with Crippen LogP contribution in [0.25, 0.3) is 0 Å². The summed E-state index contributed by atoms with van der Waals surface area (Å²) < 4.78 is 13.3. The molecule has 0 aliphatic carbocycles. The SMILES string of the molecule is CCC(Sc1cccc(NC(=O)c2cccc(C)c2)c1)C(=O)Nc1ccc(F)c(Cl)c1. The molecular formula is C24H22ClFN2O2S. The first-order valence-electron chi connectivity index (χ1n) is 9.76. The topological polar surface area (TPSA) is 58.2 Å². The van der Waals surface area contributed by atoms with Crippen LogP contribution in [0.4, 0.5) is 15.8 Å². The molecule has 0 aliphatic heterocycles. The molecule has 0 aliphatic rings. The molecule has 0 fully saturated rings. The molecule has 31 heavy (non-hydrogen) atoms. The molecule has 3 rings (SSSR count). The summed E-state index contributed by atoms with van der Waals surface area (Å²) in [6, 6.07) is 18.8. The highest BCUT2D eigenvalue weighted by Crippen LogP contribution is 2.29. The van der Waals surface area contributed by atoms with Gasteiger partial charge in [0.1, 0.15) is 5.82 Å². The quantitative estimate of drug-likeness (QED) is 0.396. The molecule has 0 saturated carbocycles. The van der Waals surface area contributed by atoms with Gasteiger partial charge in [-0.3, -0.25) is 9.59 Å². The van der Waals surface area contributed by atoms with E-state index in [1.807, 2.05) is 50.2 Å². The molecule has 4 nitrogen and oxygen atoms in total. The van der Waals surface area contributed by atoms with E-state index in [1.54, 1.807) is 12.1 Å². The number of rotatable bonds is 7. The van der Waals surface area contributed by atoms with Crippen LogP contribution in [0, 0.1) is 12.7 Å². The lowest BCUT2D eigenvalue weighted by Gasteiger charge is -2.16. The van der Waals surface area contributed by atoms with Crippen molar-refractivity contribution in [1.29, 1.82) is 0 Å². The molecule has 0 radical (unpaired) electrons. The number of aryl methyl sites for hydroxylation is 1. The summed E-state index contributed by atoms with van der Waals surface area (Å²) in [4.78, 5) is 26.0. The first-order valence-corrected chi connectivity index (χ1v) is 11.0. The Hall–Kier alpha value is -2.83. The maximum Gasteiger partial charge on any atom is 0.255 e. The van der Waals surface area contributed by atoms with Gasteiger partial charge in [-0.05, 0) is 61.9 Å². The van der Waals surface area contributed by atoms with Crippen molar-refractivity contribution in [1.82, 2.24) is 0 Å². The maximum atomic E-state index is 13.3. The highest BCUT2D eigenvalue weighted by atomic mass is 35.5. The highest BCUT2D eigenvalue weighted by Gasteiger charge is 2.19. The van der Waals surface area contributed by atoms with Gasteiger partial charge in [0.05, 0.1) is 10.3 Å². The fourth-order valence-corrected chi connectivity index (χ4v) is 4.11. The number of thioether (sulfide) groups is 1. The van der Waals surface area contributed by atoms with E-state index in [0.29, 0.717) is 23.4 Å². The van der Waals surface area contributed by atoms with E-state index in [0.717, 1.165) is 10.5 Å². The van der Waals surface area contributed by atoms with E-state index in [2.05, 4.69) is 10.6 Å². The van der Waals surface area contributed by atoms with Crippen molar-refractivity contribution in [3.05, 3.63) is 88.7 Å². The summed E-state index contributed by atoms with van der Waals surface area (Å²) in [7, 11) is 0. The zero-order valence-electron chi connectivity index (χ0n) is 17.1. The van der Waals surface area contributed by atoms with Crippen LogP contribution in [-0.4, -0.2) is 17.1 Å². The van der Waals surface area contributed by atoms with Gasteiger partial charge >= 0.3 is 0 Å². The van der Waals surface area contributed by atoms with Gasteiger partial charge in [0.15, 0.2) is 0 Å². The molecule has 0 saturated heterocycles. The molecule has 0 bridgehead atoms. The number of hydrogen-bond acceptors (Lipinski definition) is 3. The van der Waals surface area contributed by atoms with Crippen molar-refractivity contribution < 1.29 is 14.0 Å². The van der Waals surface area contributed by atoms with Gasteiger partial charge in [-0.1, -0.05) is 42.3 Å². The van der Waals surface area contributed by atoms with Gasteiger partial charge in [-0.15, -0.1) is 11.8 Å². The van der Waals surface area contributed by atoms with Crippen molar-refractivity contribution in [2.45, 2.75) is 30.4 Å². The van der Waals surface area contributed by atoms with E-state index in [1.165, 1.54) is 30.0 Å². The lowest BCUT2D eigenvalue weighted by Crippen LogP contribution is -2.24. The van der Waals surface area contributed by atoms with E-state index in [-0.39, 0.29) is 22.1 Å². The number of carbonyl (C=O) groups excluding carboxylic acids is 2. The Labute approximate surface area is 190 Å². The lowest BCUT2D eigenvalue weighted by molar-refractivity contribution is -0.115. The summed E-state index contributed by atoms with van der Waals surface area (Å²) in [6.45, 7) is 3.85. The second kappa shape index (κ2) is 10.5. The van der Waals surface area contributed by atoms with Gasteiger partial charge in [-0.25, -0.2) is 4.39 Å². The highest BCUT2D eigenvalue weighted by molar-refractivity contribution is 8.00. The Morgan fingerprint density at radius 2 is 1.74 bits per heavy atom. The van der Waals surface area contributed by atoms with Crippen LogP contribution in [-0.2, 0) is 4.79 Å². The Kier molecular flexibility index (Phi) is 7.71. The van der Waals surface area contributed by atoms with Gasteiger partial charge in [0.2, 0.25) is 5.91 Å². The van der Waals surface area contributed by atoms with Crippen molar-refractivity contribution in [3.63, 3.8) is 0 Å². The molecule has 3 aromatic rings. The predicted molar refractivity (Wildman–Crippen MR) is 126 cm³/mol. The van der Waals surface area contributed by atoms with Crippen LogP contribution < -0.4 is 10.6 Å². The van der Waals surface area contributed by atoms with Crippen molar-refractivity contribution >= 4 is 46.6 Å². The van der Waals surface area contributed by atoms with Gasteiger partial charge in [0.25, 0.3) is 5.91 Å². The second-order valence-electron chi connectivity index (χ2n) is 6.98. The Morgan fingerprint density at radius 1 is 1.00 bits per heavy atom. The molecule has 0 aromatic heterocycles. The van der Waals surface area contributed by atoms with Gasteiger partial charge in [-0.2, -0.15) is 0 Å². The van der Waals surface area contributed by atoms with Crippen LogP contribution in [0.2, 0.25) is 5.02 Å². The fourth-order valence-electron chi connectivity index (χ4n) is 2.92. The molecule has 160 valence electrons. The van der Waals surface area contributed by atoms with Gasteiger partial charge in [0, 0.05) is 21.8 Å². The molecule has 2 N–H and O–H groups in total. The van der Waals surface area contributed by atoms with Crippen molar-refractivity contribution in [3.8, 4) is 0 Å². The number of anilines is 2. The summed E-state index contributed by atoms with van der Waals surface area (Å²) in [5, 5.41) is 5.25. The summed E-state index contributed by atoms with van der Waals surface area (Å²) in [5.41, 5.74) is 2.68. The molecule has 3 aromatic carbocycles. The van der Waals surface area contributed by atoms with Crippen LogP contribution >= 0.6 is 23.4 Å². The third-order valence-electron chi connectivity index (χ3n) is 4.50. The molecule has 1 unspecified atom stereocenters. The number of benzene rings is 3. The molecule has 0 heterocycles. The van der Waals surface area contributed by atoms with E-state index < -0.39 is 5.82 Å². The molecule has 7 heteroatoms. The van der Waals surface area contributed by atoms with Crippen LogP contribution in [0.3, 0.4) is 0 Å². The maximum absolute atomic E-state index is 13.3. The minimum absolute atomic E-state index is 0.0458. The zero-order chi connectivity index (χ0) is 22.4. The number of amides is 2. The molecule has 0 spiro atoms. The smallest absolute Gasteiger partial charge is 0.255 e. The first kappa shape index (κ1) is 22.8. The minimum Gasteiger partial charge on any atom is -0.325 e. The number of carbonyl (C=O) groups is 2. The van der Waals surface area contributed by atoms with E-state index >= 15 is 0 Å². The van der Waals surface area contributed by atoms with Crippen LogP contribution in [0.1, 0.15) is 29.3 Å². The van der Waals surface area contributed by atoms with Crippen LogP contribution in [0.5, 0.6) is 0 Å². The summed E-state index contributed by atoms with van der Waals surface area (Å²) in [6.07, 6.45) is 0.589. The summed E-state index contributed by atoms with van der Waals surface area (Å²) in [5.74, 6) is -0.932. The first-order chi connectivity index (χ1) is 14.9. The number of nitrogens with one attached hydrogen (secondary N) is 2. The Balaban J connectivity index is 1.67. The van der Waals surface area contributed by atoms with E-state index in [9.17, 15) is 14.0 Å². The normalized spacial score (nSPS) is 11.6. The monoisotopic (exact) mass is 456 g/mol. The third kappa shape index (κ3) is 6.32. The van der Waals surface area contributed by atoms with E-state index in [4.69, 9.17) is 11.6 Å².